The minimum Gasteiger partial charge on any atom is -0.366 e. The number of carbonyl (C=O) groups excluding carboxylic acids is 1. The van der Waals surface area contributed by atoms with E-state index in [2.05, 4.69) is 24.1 Å². The molecule has 1 amide bonds. The summed E-state index contributed by atoms with van der Waals surface area (Å²) in [7, 11) is 0. The molecule has 1 aromatic carbocycles. The Kier molecular flexibility index (Phi) is 3.57. The van der Waals surface area contributed by atoms with Crippen LogP contribution in [0.25, 0.3) is 0 Å². The van der Waals surface area contributed by atoms with Crippen LogP contribution in [0.3, 0.4) is 0 Å². The third-order valence-electron chi connectivity index (χ3n) is 2.97. The van der Waals surface area contributed by atoms with Gasteiger partial charge < -0.3 is 10.2 Å². The number of benzene rings is 1. The molecule has 1 aliphatic rings. The Morgan fingerprint density at radius 2 is 2.18 bits per heavy atom. The van der Waals surface area contributed by atoms with E-state index in [0.717, 1.165) is 24.3 Å². The third kappa shape index (κ3) is 2.55. The van der Waals surface area contributed by atoms with E-state index >= 15 is 0 Å². The Morgan fingerprint density at radius 1 is 1.41 bits per heavy atom. The first kappa shape index (κ1) is 12.2. The van der Waals surface area contributed by atoms with Gasteiger partial charge in [-0.1, -0.05) is 17.7 Å². The summed E-state index contributed by atoms with van der Waals surface area (Å²) in [4.78, 5) is 13.9. The van der Waals surface area contributed by atoms with Crippen LogP contribution >= 0.6 is 11.6 Å². The highest BCUT2D eigenvalue weighted by molar-refractivity contribution is 6.34. The van der Waals surface area contributed by atoms with Gasteiger partial charge in [-0.05, 0) is 32.4 Å². The summed E-state index contributed by atoms with van der Waals surface area (Å²) in [6.45, 7) is 5.13. The normalized spacial score (nSPS) is 16.2. The molecule has 0 atom stereocenters. The van der Waals surface area contributed by atoms with Gasteiger partial charge in [0.2, 0.25) is 5.91 Å². The van der Waals surface area contributed by atoms with Gasteiger partial charge in [-0.2, -0.15) is 0 Å². The number of rotatable bonds is 1. The quantitative estimate of drug-likeness (QED) is 0.832. The lowest BCUT2D eigenvalue weighted by Gasteiger charge is -2.33. The minimum absolute atomic E-state index is 0.0666. The summed E-state index contributed by atoms with van der Waals surface area (Å²) in [5.41, 5.74) is 1.76. The minimum atomic E-state index is 0.0666. The molecule has 0 unspecified atom stereocenters. The van der Waals surface area contributed by atoms with Crippen molar-refractivity contribution in [1.29, 1.82) is 0 Å². The summed E-state index contributed by atoms with van der Waals surface area (Å²) >= 11 is 6.26. The molecule has 0 saturated heterocycles. The first-order chi connectivity index (χ1) is 8.09. The van der Waals surface area contributed by atoms with Crippen molar-refractivity contribution in [3.8, 4) is 0 Å². The number of carbonyl (C=O) groups is 1. The lowest BCUT2D eigenvalue weighted by Crippen LogP contribution is -2.35. The number of para-hydroxylation sites is 1. The van der Waals surface area contributed by atoms with Gasteiger partial charge in [-0.15, -0.1) is 0 Å². The van der Waals surface area contributed by atoms with Crippen molar-refractivity contribution < 1.29 is 4.79 Å². The fourth-order valence-corrected chi connectivity index (χ4v) is 2.44. The van der Waals surface area contributed by atoms with E-state index < -0.39 is 0 Å². The predicted molar refractivity (Wildman–Crippen MR) is 71.8 cm³/mol. The van der Waals surface area contributed by atoms with Gasteiger partial charge in [0.1, 0.15) is 0 Å². The van der Waals surface area contributed by atoms with Crippen LogP contribution in [0.5, 0.6) is 0 Å². The fraction of sp³-hybridized carbons (Fsp3) is 0.462. The number of fused-ring (bicyclic) bond motifs is 1. The summed E-state index contributed by atoms with van der Waals surface area (Å²) in [6.07, 6.45) is 1.42. The first-order valence-corrected chi connectivity index (χ1v) is 6.32. The van der Waals surface area contributed by atoms with Gasteiger partial charge in [0.15, 0.2) is 0 Å². The maximum absolute atomic E-state index is 11.6. The van der Waals surface area contributed by atoms with E-state index in [-0.39, 0.29) is 5.91 Å². The van der Waals surface area contributed by atoms with Crippen LogP contribution in [0.1, 0.15) is 26.7 Å². The number of nitrogens with zero attached hydrogens (tertiary/aromatic N) is 1. The van der Waals surface area contributed by atoms with Crippen LogP contribution in [0.15, 0.2) is 18.2 Å². The molecule has 1 aliphatic heterocycles. The molecule has 3 nitrogen and oxygen atoms in total. The first-order valence-electron chi connectivity index (χ1n) is 5.94. The molecule has 0 aliphatic carbocycles. The van der Waals surface area contributed by atoms with Gasteiger partial charge in [-0.25, -0.2) is 0 Å². The van der Waals surface area contributed by atoms with Gasteiger partial charge in [-0.3, -0.25) is 4.79 Å². The van der Waals surface area contributed by atoms with Crippen LogP contribution in [0.2, 0.25) is 5.02 Å². The molecule has 0 aromatic heterocycles. The highest BCUT2D eigenvalue weighted by atomic mass is 35.5. The zero-order chi connectivity index (χ0) is 12.4. The van der Waals surface area contributed by atoms with E-state index in [4.69, 9.17) is 11.6 Å². The van der Waals surface area contributed by atoms with E-state index in [1.165, 1.54) is 0 Å². The molecular formula is C13H17ClN2O. The Hall–Kier alpha value is -1.22. The lowest BCUT2D eigenvalue weighted by molar-refractivity contribution is -0.116. The average molecular weight is 253 g/mol. The van der Waals surface area contributed by atoms with E-state index in [1.807, 2.05) is 18.2 Å². The second kappa shape index (κ2) is 4.96. The standard InChI is InChI=1S/C13H17ClN2O/c1-9(2)16-8-4-7-12(17)15-11-6-3-5-10(14)13(11)16/h3,5-6,9H,4,7-8H2,1-2H3,(H,15,17). The second-order valence-electron chi connectivity index (χ2n) is 4.57. The maximum atomic E-state index is 11.6. The van der Waals surface area contributed by atoms with Crippen LogP contribution in [0, 0.1) is 0 Å². The zero-order valence-corrected chi connectivity index (χ0v) is 10.9. The molecule has 0 fully saturated rings. The predicted octanol–water partition coefficient (Wildman–Crippen LogP) is 3.29. The Labute approximate surface area is 107 Å². The van der Waals surface area contributed by atoms with Crippen molar-refractivity contribution in [2.45, 2.75) is 32.7 Å². The molecule has 4 heteroatoms. The van der Waals surface area contributed by atoms with E-state index in [0.29, 0.717) is 17.5 Å². The van der Waals surface area contributed by atoms with Crippen LogP contribution in [-0.4, -0.2) is 18.5 Å². The fourth-order valence-electron chi connectivity index (χ4n) is 2.16. The van der Waals surface area contributed by atoms with Crippen molar-refractivity contribution >= 4 is 28.9 Å². The summed E-state index contributed by atoms with van der Waals surface area (Å²) < 4.78 is 0. The second-order valence-corrected chi connectivity index (χ2v) is 4.98. The number of nitrogens with one attached hydrogen (secondary N) is 1. The highest BCUT2D eigenvalue weighted by Gasteiger charge is 2.21. The number of hydrogen-bond donors (Lipinski definition) is 1. The molecule has 17 heavy (non-hydrogen) atoms. The number of hydrogen-bond acceptors (Lipinski definition) is 2. The molecular weight excluding hydrogens is 236 g/mol. The highest BCUT2D eigenvalue weighted by Crippen LogP contribution is 2.36. The average Bonchev–Trinajstić information content (AvgIpc) is 2.23. The topological polar surface area (TPSA) is 32.3 Å². The summed E-state index contributed by atoms with van der Waals surface area (Å²) in [6, 6.07) is 5.99. The summed E-state index contributed by atoms with van der Waals surface area (Å²) in [5, 5.41) is 3.62. The number of amides is 1. The largest absolute Gasteiger partial charge is 0.366 e. The lowest BCUT2D eigenvalue weighted by atomic mass is 10.1. The van der Waals surface area contributed by atoms with E-state index in [1.54, 1.807) is 0 Å². The molecule has 1 N–H and O–H groups in total. The van der Waals surface area contributed by atoms with Crippen LogP contribution in [0.4, 0.5) is 11.4 Å². The molecule has 1 heterocycles. The monoisotopic (exact) mass is 252 g/mol. The van der Waals surface area contributed by atoms with Crippen molar-refractivity contribution in [3.63, 3.8) is 0 Å². The molecule has 0 bridgehead atoms. The smallest absolute Gasteiger partial charge is 0.224 e. The molecule has 2 rings (SSSR count). The van der Waals surface area contributed by atoms with Gasteiger partial charge in [0, 0.05) is 19.0 Å². The Morgan fingerprint density at radius 3 is 2.88 bits per heavy atom. The number of halogens is 1. The molecule has 92 valence electrons. The molecule has 0 saturated carbocycles. The Balaban J connectivity index is 2.49. The van der Waals surface area contributed by atoms with Crippen molar-refractivity contribution in [3.05, 3.63) is 23.2 Å². The van der Waals surface area contributed by atoms with Gasteiger partial charge >= 0.3 is 0 Å². The van der Waals surface area contributed by atoms with Gasteiger partial charge in [0.05, 0.1) is 16.4 Å². The third-order valence-corrected chi connectivity index (χ3v) is 3.28. The molecule has 0 spiro atoms. The maximum Gasteiger partial charge on any atom is 0.224 e. The zero-order valence-electron chi connectivity index (χ0n) is 10.2. The molecule has 1 aromatic rings. The van der Waals surface area contributed by atoms with Crippen LogP contribution in [-0.2, 0) is 4.79 Å². The van der Waals surface area contributed by atoms with Crippen molar-refractivity contribution in [2.75, 3.05) is 16.8 Å². The summed E-state index contributed by atoms with van der Waals surface area (Å²) in [5.74, 6) is 0.0666. The Bertz CT molecular complexity index is 431. The van der Waals surface area contributed by atoms with Crippen LogP contribution < -0.4 is 10.2 Å². The van der Waals surface area contributed by atoms with Gasteiger partial charge in [0.25, 0.3) is 0 Å². The molecule has 0 radical (unpaired) electrons. The number of anilines is 2. The SMILES string of the molecule is CC(C)N1CCCC(=O)Nc2cccc(Cl)c21. The van der Waals surface area contributed by atoms with Crippen molar-refractivity contribution in [1.82, 2.24) is 0 Å². The van der Waals surface area contributed by atoms with Crippen molar-refractivity contribution in [2.24, 2.45) is 0 Å². The van der Waals surface area contributed by atoms with E-state index in [9.17, 15) is 4.79 Å².